The average Bonchev–Trinajstić information content (AvgIpc) is 3.34. The van der Waals surface area contributed by atoms with Crippen molar-refractivity contribution in [3.63, 3.8) is 0 Å². The van der Waals surface area contributed by atoms with Gasteiger partial charge in [0.25, 0.3) is 0 Å². The maximum atomic E-state index is 12.4. The Morgan fingerprint density at radius 1 is 0.493 bits per heavy atom. The number of hydrogen-bond acceptors (Lipinski definition) is 8. The van der Waals surface area contributed by atoms with Crippen molar-refractivity contribution < 1.29 is 33.6 Å². The Bertz CT molecular complexity index is 1090. The van der Waals surface area contributed by atoms with E-state index in [4.69, 9.17) is 29.8 Å². The third-order valence-electron chi connectivity index (χ3n) is 14.8. The van der Waals surface area contributed by atoms with E-state index >= 15 is 0 Å². The van der Waals surface area contributed by atoms with Crippen molar-refractivity contribution in [2.75, 3.05) is 59.3 Å². The molecule has 0 aromatic rings. The predicted molar refractivity (Wildman–Crippen MR) is 293 cm³/mol. The smallest absolute Gasteiger partial charge is 0.407 e. The van der Waals surface area contributed by atoms with Crippen molar-refractivity contribution in [3.05, 3.63) is 0 Å². The Balaban J connectivity index is 4.09. The van der Waals surface area contributed by atoms with Gasteiger partial charge < -0.3 is 40.4 Å². The van der Waals surface area contributed by atoms with Crippen LogP contribution in [-0.2, 0) is 23.7 Å². The molecule has 69 heavy (non-hydrogen) atoms. The normalized spacial score (nSPS) is 12.9. The molecule has 10 nitrogen and oxygen atoms in total. The van der Waals surface area contributed by atoms with Crippen LogP contribution in [0.4, 0.5) is 4.79 Å². The van der Waals surface area contributed by atoms with Crippen LogP contribution in [0.3, 0.4) is 0 Å². The summed E-state index contributed by atoms with van der Waals surface area (Å²) in [5.41, 5.74) is 5.14. The van der Waals surface area contributed by atoms with Gasteiger partial charge in [0.05, 0.1) is 31.0 Å². The zero-order valence-corrected chi connectivity index (χ0v) is 46.9. The molecule has 0 aliphatic heterocycles. The highest BCUT2D eigenvalue weighted by Crippen LogP contribution is 2.34. The van der Waals surface area contributed by atoms with Crippen molar-refractivity contribution >= 4 is 12.0 Å². The van der Waals surface area contributed by atoms with Gasteiger partial charge in [-0.1, -0.05) is 207 Å². The zero-order chi connectivity index (χ0) is 50.8. The Kier molecular flexibility index (Phi) is 49.0. The number of carbonyl (C=O) groups is 2. The van der Waals surface area contributed by atoms with Gasteiger partial charge >= 0.3 is 6.09 Å². The molecule has 2 unspecified atom stereocenters. The monoisotopic (exact) mass is 982 g/mol. The van der Waals surface area contributed by atoms with Gasteiger partial charge in [-0.15, -0.1) is 0 Å². The van der Waals surface area contributed by atoms with E-state index in [1.54, 1.807) is 0 Å². The van der Waals surface area contributed by atoms with E-state index in [0.29, 0.717) is 65.5 Å². The van der Waals surface area contributed by atoms with Crippen LogP contribution in [-0.4, -0.2) is 87.6 Å². The SMILES string of the molecule is CCCCCCCC(CCCCCCCCCOCCCOC(=O)NCCCCCC(=O)NCCC(C)(C)OCCC(CC)(CC)OCCN)C(CCCCCC)CCCCCCCCCCCO. The van der Waals surface area contributed by atoms with Gasteiger partial charge in [-0.3, -0.25) is 4.79 Å². The molecule has 0 radical (unpaired) electrons. The highest BCUT2D eigenvalue weighted by molar-refractivity contribution is 5.75. The summed E-state index contributed by atoms with van der Waals surface area (Å²) in [4.78, 5) is 24.5. The van der Waals surface area contributed by atoms with Crippen LogP contribution >= 0.6 is 0 Å². The minimum Gasteiger partial charge on any atom is -0.449 e. The number of nitrogens with one attached hydrogen (secondary N) is 2. The molecule has 0 bridgehead atoms. The Morgan fingerprint density at radius 2 is 0.971 bits per heavy atom. The summed E-state index contributed by atoms with van der Waals surface area (Å²) in [6, 6.07) is 0. The molecule has 2 amide bonds. The Labute approximate surface area is 428 Å². The molecule has 0 saturated carbocycles. The van der Waals surface area contributed by atoms with E-state index in [0.717, 1.165) is 76.2 Å². The second kappa shape index (κ2) is 50.1. The van der Waals surface area contributed by atoms with Crippen molar-refractivity contribution in [1.82, 2.24) is 10.6 Å². The van der Waals surface area contributed by atoms with Crippen LogP contribution in [0.15, 0.2) is 0 Å². The molecule has 0 aliphatic rings. The molecule has 0 aliphatic carbocycles. The van der Waals surface area contributed by atoms with E-state index in [1.807, 2.05) is 0 Å². The minimum absolute atomic E-state index is 0.0571. The number of rotatable bonds is 55. The molecular formula is C59H119N3O7. The molecule has 0 saturated heterocycles. The van der Waals surface area contributed by atoms with E-state index in [2.05, 4.69) is 52.2 Å². The first-order valence-corrected chi connectivity index (χ1v) is 30.0. The van der Waals surface area contributed by atoms with E-state index in [9.17, 15) is 9.59 Å². The fourth-order valence-corrected chi connectivity index (χ4v) is 9.91. The van der Waals surface area contributed by atoms with Gasteiger partial charge in [-0.2, -0.15) is 0 Å². The predicted octanol–water partition coefficient (Wildman–Crippen LogP) is 15.5. The summed E-state index contributed by atoms with van der Waals surface area (Å²) >= 11 is 0. The molecule has 0 fully saturated rings. The number of alkyl carbamates (subject to hydrolysis) is 1. The molecule has 2 atom stereocenters. The molecule has 0 rings (SSSR count). The minimum atomic E-state index is -0.380. The average molecular weight is 983 g/mol. The van der Waals surface area contributed by atoms with Crippen molar-refractivity contribution in [2.45, 2.75) is 297 Å². The molecule has 5 N–H and O–H groups in total. The molecular weight excluding hydrogens is 863 g/mol. The first kappa shape index (κ1) is 67.5. The van der Waals surface area contributed by atoms with Crippen LogP contribution in [0.5, 0.6) is 0 Å². The zero-order valence-electron chi connectivity index (χ0n) is 46.9. The summed E-state index contributed by atoms with van der Waals surface area (Å²) in [7, 11) is 0. The Morgan fingerprint density at radius 3 is 1.49 bits per heavy atom. The summed E-state index contributed by atoms with van der Waals surface area (Å²) < 4.78 is 23.4. The van der Waals surface area contributed by atoms with Crippen LogP contribution < -0.4 is 16.4 Å². The number of nitrogens with two attached hydrogens (primary N) is 1. The number of amides is 2. The van der Waals surface area contributed by atoms with Crippen LogP contribution in [0.2, 0.25) is 0 Å². The summed E-state index contributed by atoms with van der Waals surface area (Å²) in [5.74, 6) is 1.93. The summed E-state index contributed by atoms with van der Waals surface area (Å²) in [6.07, 6.45) is 46.1. The van der Waals surface area contributed by atoms with Gasteiger partial charge in [0.2, 0.25) is 5.91 Å². The number of ether oxygens (including phenoxy) is 4. The lowest BCUT2D eigenvalue weighted by Gasteiger charge is -2.34. The molecule has 0 aromatic carbocycles. The van der Waals surface area contributed by atoms with Crippen molar-refractivity contribution in [1.29, 1.82) is 0 Å². The van der Waals surface area contributed by atoms with Crippen molar-refractivity contribution in [3.8, 4) is 0 Å². The van der Waals surface area contributed by atoms with Gasteiger partial charge in [0.1, 0.15) is 0 Å². The number of aliphatic hydroxyl groups excluding tert-OH is 1. The largest absolute Gasteiger partial charge is 0.449 e. The molecule has 0 spiro atoms. The van der Waals surface area contributed by atoms with E-state index in [-0.39, 0.29) is 23.2 Å². The van der Waals surface area contributed by atoms with Gasteiger partial charge in [-0.25, -0.2) is 4.79 Å². The second-order valence-electron chi connectivity index (χ2n) is 21.4. The van der Waals surface area contributed by atoms with E-state index < -0.39 is 0 Å². The number of unbranched alkanes of at least 4 members (excludes halogenated alkanes) is 23. The molecule has 0 heterocycles. The Hall–Kier alpha value is -1.46. The summed E-state index contributed by atoms with van der Waals surface area (Å²) in [5, 5.41) is 14.9. The quantitative estimate of drug-likeness (QED) is 0.0442. The lowest BCUT2D eigenvalue weighted by atomic mass is 9.78. The summed E-state index contributed by atoms with van der Waals surface area (Å²) in [6.45, 7) is 18.0. The number of hydrogen-bond donors (Lipinski definition) is 4. The fourth-order valence-electron chi connectivity index (χ4n) is 9.91. The van der Waals surface area contributed by atoms with E-state index in [1.165, 1.54) is 173 Å². The fraction of sp³-hybridized carbons (Fsp3) is 0.966. The highest BCUT2D eigenvalue weighted by Gasteiger charge is 2.28. The molecule has 10 heteroatoms. The lowest BCUT2D eigenvalue weighted by molar-refractivity contribution is -0.121. The third kappa shape index (κ3) is 43.8. The maximum absolute atomic E-state index is 12.4. The maximum Gasteiger partial charge on any atom is 0.407 e. The van der Waals surface area contributed by atoms with Gasteiger partial charge in [0.15, 0.2) is 0 Å². The van der Waals surface area contributed by atoms with Crippen LogP contribution in [0.25, 0.3) is 0 Å². The topological polar surface area (TPSA) is 141 Å². The first-order chi connectivity index (χ1) is 33.6. The standard InChI is InChI=1S/C59H119N3O7/c1-7-11-13-23-30-39-55(54(38-29-14-12-8-2)40-31-24-19-16-15-17-21-26-35-48-63)41-32-25-20-18-22-27-36-49-66-50-37-51-67-57(65)62-46-34-28-33-42-56(64)61-47-43-58(5,6)68-52-44-59(9-3,10-4)69-53-45-60/h54-55,63H,7-53,60H2,1-6H3,(H,61,64)(H,62,65). The van der Waals surface area contributed by atoms with Gasteiger partial charge in [-0.05, 0) is 77.0 Å². The second-order valence-corrected chi connectivity index (χ2v) is 21.4. The number of carbonyl (C=O) groups excluding carboxylic acids is 2. The third-order valence-corrected chi connectivity index (χ3v) is 14.8. The molecule has 412 valence electrons. The van der Waals surface area contributed by atoms with Gasteiger partial charge in [0, 0.05) is 52.3 Å². The lowest BCUT2D eigenvalue weighted by Crippen LogP contribution is -2.37. The first-order valence-electron chi connectivity index (χ1n) is 30.0. The molecule has 0 aromatic heterocycles. The van der Waals surface area contributed by atoms with Crippen LogP contribution in [0, 0.1) is 11.8 Å². The van der Waals surface area contributed by atoms with Crippen LogP contribution in [0.1, 0.15) is 286 Å². The number of aliphatic hydroxyl groups is 1. The highest BCUT2D eigenvalue weighted by atomic mass is 16.5. The van der Waals surface area contributed by atoms with Crippen molar-refractivity contribution in [2.24, 2.45) is 17.6 Å².